The molecule has 0 spiro atoms. The zero-order valence-electron chi connectivity index (χ0n) is 29.4. The molecule has 0 radical (unpaired) electrons. The zero-order valence-corrected chi connectivity index (χ0v) is 30.2. The van der Waals surface area contributed by atoms with Crippen molar-refractivity contribution in [3.8, 4) is 50.3 Å². The lowest BCUT2D eigenvalue weighted by Gasteiger charge is -2.11. The van der Waals surface area contributed by atoms with E-state index in [1.807, 2.05) is 47.7 Å². The number of thiophene rings is 1. The Morgan fingerprint density at radius 1 is 0.382 bits per heavy atom. The van der Waals surface area contributed by atoms with Crippen molar-refractivity contribution in [1.29, 1.82) is 0 Å². The molecule has 0 unspecified atom stereocenters. The SMILES string of the molecule is c1ccc(-c2nc(-c3ccccc3)nc(-n3c4ccccc4c4cc(-c5sc6c7cccc8c9ccccc9n(c6c5-c5ccccc5)c87)ccc43)n2)cc1. The highest BCUT2D eigenvalue weighted by molar-refractivity contribution is 7.24. The molecule has 55 heavy (non-hydrogen) atoms. The monoisotopic (exact) mass is 719 g/mol. The van der Waals surface area contributed by atoms with Crippen molar-refractivity contribution in [3.63, 3.8) is 0 Å². The predicted molar refractivity (Wildman–Crippen MR) is 228 cm³/mol. The third-order valence-electron chi connectivity index (χ3n) is 10.9. The Morgan fingerprint density at radius 3 is 1.62 bits per heavy atom. The molecule has 5 heterocycles. The van der Waals surface area contributed by atoms with Gasteiger partial charge in [-0.05, 0) is 35.4 Å². The second kappa shape index (κ2) is 11.7. The summed E-state index contributed by atoms with van der Waals surface area (Å²) in [5.41, 5.74) is 11.5. The maximum Gasteiger partial charge on any atom is 0.238 e. The van der Waals surface area contributed by atoms with Gasteiger partial charge >= 0.3 is 0 Å². The minimum absolute atomic E-state index is 0.590. The number of hydrogen-bond acceptors (Lipinski definition) is 4. The minimum Gasteiger partial charge on any atom is -0.306 e. The lowest BCUT2D eigenvalue weighted by atomic mass is 10.00. The molecule has 0 fully saturated rings. The van der Waals surface area contributed by atoms with Gasteiger partial charge in [0.1, 0.15) is 0 Å². The molecule has 0 amide bonds. The minimum atomic E-state index is 0.590. The largest absolute Gasteiger partial charge is 0.306 e. The van der Waals surface area contributed by atoms with Crippen LogP contribution in [0.2, 0.25) is 0 Å². The van der Waals surface area contributed by atoms with E-state index in [9.17, 15) is 0 Å². The van der Waals surface area contributed by atoms with Crippen molar-refractivity contribution in [1.82, 2.24) is 23.9 Å². The van der Waals surface area contributed by atoms with Crippen molar-refractivity contribution in [2.24, 2.45) is 0 Å². The summed E-state index contributed by atoms with van der Waals surface area (Å²) in [7, 11) is 0. The molecule has 0 aliphatic carbocycles. The molecule has 12 aromatic rings. The van der Waals surface area contributed by atoms with Gasteiger partial charge in [0.05, 0.1) is 32.3 Å². The number of hydrogen-bond donors (Lipinski definition) is 0. The van der Waals surface area contributed by atoms with E-state index in [0.29, 0.717) is 17.6 Å². The van der Waals surface area contributed by atoms with Gasteiger partial charge in [0.2, 0.25) is 5.95 Å². The summed E-state index contributed by atoms with van der Waals surface area (Å²) in [5, 5.41) is 6.19. The van der Waals surface area contributed by atoms with Gasteiger partial charge in [0.15, 0.2) is 11.6 Å². The van der Waals surface area contributed by atoms with Gasteiger partial charge in [-0.3, -0.25) is 4.57 Å². The second-order valence-electron chi connectivity index (χ2n) is 14.0. The average Bonchev–Trinajstić information content (AvgIpc) is 3.99. The molecule has 0 aliphatic rings. The van der Waals surface area contributed by atoms with Crippen molar-refractivity contribution < 1.29 is 0 Å². The summed E-state index contributed by atoms with van der Waals surface area (Å²) in [6.45, 7) is 0. The van der Waals surface area contributed by atoms with Crippen LogP contribution in [-0.4, -0.2) is 23.9 Å². The van der Waals surface area contributed by atoms with Crippen molar-refractivity contribution in [2.45, 2.75) is 0 Å². The Balaban J connectivity index is 1.13. The Morgan fingerprint density at radius 2 is 0.927 bits per heavy atom. The first-order valence-electron chi connectivity index (χ1n) is 18.5. The summed E-state index contributed by atoms with van der Waals surface area (Å²) in [6, 6.07) is 62.2. The molecule has 0 N–H and O–H groups in total. The number of fused-ring (bicyclic) bond motifs is 9. The van der Waals surface area contributed by atoms with Crippen LogP contribution in [0.25, 0.3) is 110 Å². The zero-order chi connectivity index (χ0) is 36.0. The van der Waals surface area contributed by atoms with Crippen LogP contribution in [0, 0.1) is 0 Å². The summed E-state index contributed by atoms with van der Waals surface area (Å²) in [4.78, 5) is 16.5. The maximum atomic E-state index is 5.14. The van der Waals surface area contributed by atoms with Crippen LogP contribution >= 0.6 is 11.3 Å². The number of rotatable bonds is 5. The molecule has 7 aromatic carbocycles. The molecular formula is C49H29N5S. The third-order valence-corrected chi connectivity index (χ3v) is 12.2. The van der Waals surface area contributed by atoms with E-state index in [2.05, 4.69) is 148 Å². The number of para-hydroxylation sites is 3. The van der Waals surface area contributed by atoms with Crippen LogP contribution in [0.5, 0.6) is 0 Å². The van der Waals surface area contributed by atoms with E-state index in [-0.39, 0.29) is 0 Å². The first-order valence-corrected chi connectivity index (χ1v) is 19.3. The maximum absolute atomic E-state index is 5.14. The first-order chi connectivity index (χ1) is 27.3. The van der Waals surface area contributed by atoms with E-state index >= 15 is 0 Å². The van der Waals surface area contributed by atoms with Crippen LogP contribution in [0.4, 0.5) is 0 Å². The van der Waals surface area contributed by atoms with Gasteiger partial charge in [-0.25, -0.2) is 4.98 Å². The molecule has 256 valence electrons. The molecule has 12 rings (SSSR count). The molecule has 0 atom stereocenters. The van der Waals surface area contributed by atoms with Crippen LogP contribution in [0.3, 0.4) is 0 Å². The molecule has 5 nitrogen and oxygen atoms in total. The molecule has 0 saturated heterocycles. The summed E-state index contributed by atoms with van der Waals surface area (Å²) in [5.74, 6) is 1.87. The quantitative estimate of drug-likeness (QED) is 0.178. The lowest BCUT2D eigenvalue weighted by Crippen LogP contribution is -2.06. The van der Waals surface area contributed by atoms with E-state index in [1.165, 1.54) is 59.0 Å². The first kappa shape index (κ1) is 30.3. The molecule has 0 bridgehead atoms. The standard InChI is InChI=1S/C49H29N5S/c1-4-15-30(16-5-1)42-44-46(37-24-14-23-36-34-21-10-13-26-40(34)54(44)43(36)37)55-45(42)33-27-28-41-38(29-33)35-22-11-12-25-39(35)53(41)49-51-47(31-17-6-2-7-18-31)50-48(52-49)32-19-8-3-9-20-32/h1-29H. The number of aromatic nitrogens is 5. The highest BCUT2D eigenvalue weighted by Gasteiger charge is 2.26. The van der Waals surface area contributed by atoms with E-state index in [1.54, 1.807) is 0 Å². The van der Waals surface area contributed by atoms with Crippen LogP contribution in [-0.2, 0) is 0 Å². The fraction of sp³-hybridized carbons (Fsp3) is 0. The van der Waals surface area contributed by atoms with Crippen LogP contribution in [0.15, 0.2) is 176 Å². The normalized spacial score (nSPS) is 12.0. The van der Waals surface area contributed by atoms with Crippen molar-refractivity contribution in [2.75, 3.05) is 0 Å². The van der Waals surface area contributed by atoms with Crippen LogP contribution < -0.4 is 0 Å². The lowest BCUT2D eigenvalue weighted by molar-refractivity contribution is 0.953. The number of nitrogens with zero attached hydrogens (tertiary/aromatic N) is 5. The van der Waals surface area contributed by atoms with Crippen LogP contribution in [0.1, 0.15) is 0 Å². The van der Waals surface area contributed by atoms with Gasteiger partial charge in [-0.2, -0.15) is 9.97 Å². The highest BCUT2D eigenvalue weighted by atomic mass is 32.1. The summed E-state index contributed by atoms with van der Waals surface area (Å²) < 4.78 is 6.02. The smallest absolute Gasteiger partial charge is 0.238 e. The van der Waals surface area contributed by atoms with Gasteiger partial charge in [0.25, 0.3) is 0 Å². The van der Waals surface area contributed by atoms with Gasteiger partial charge in [-0.15, -0.1) is 11.3 Å². The Kier molecular flexibility index (Phi) is 6.44. The molecule has 0 saturated carbocycles. The average molecular weight is 720 g/mol. The third kappa shape index (κ3) is 4.43. The molecule has 5 aromatic heterocycles. The second-order valence-corrected chi connectivity index (χ2v) is 15.0. The van der Waals surface area contributed by atoms with E-state index in [0.717, 1.165) is 32.9 Å². The fourth-order valence-corrected chi connectivity index (χ4v) is 9.89. The van der Waals surface area contributed by atoms with Gasteiger partial charge < -0.3 is 4.40 Å². The van der Waals surface area contributed by atoms with Gasteiger partial charge in [0, 0.05) is 48.5 Å². The predicted octanol–water partition coefficient (Wildman–Crippen LogP) is 12.8. The Hall–Kier alpha value is -7.15. The summed E-state index contributed by atoms with van der Waals surface area (Å²) >= 11 is 1.90. The Bertz CT molecular complexity index is 3360. The fourth-order valence-electron chi connectivity index (χ4n) is 8.56. The summed E-state index contributed by atoms with van der Waals surface area (Å²) in [6.07, 6.45) is 0. The van der Waals surface area contributed by atoms with Crippen molar-refractivity contribution >= 4 is 70.6 Å². The van der Waals surface area contributed by atoms with E-state index in [4.69, 9.17) is 15.0 Å². The van der Waals surface area contributed by atoms with Gasteiger partial charge in [-0.1, -0.05) is 152 Å². The topological polar surface area (TPSA) is 48.0 Å². The molecule has 0 aliphatic heterocycles. The highest BCUT2D eigenvalue weighted by Crippen LogP contribution is 2.51. The van der Waals surface area contributed by atoms with Crippen molar-refractivity contribution in [3.05, 3.63) is 176 Å². The van der Waals surface area contributed by atoms with E-state index < -0.39 is 0 Å². The molecular weight excluding hydrogens is 691 g/mol. The number of benzene rings is 7. The Labute approximate surface area is 319 Å². The molecule has 6 heteroatoms.